The predicted octanol–water partition coefficient (Wildman–Crippen LogP) is 3.80. The molecule has 1 heterocycles. The van der Waals surface area contributed by atoms with E-state index in [1.165, 1.54) is 24.1 Å². The van der Waals surface area contributed by atoms with Crippen molar-refractivity contribution in [2.24, 2.45) is 0 Å². The summed E-state index contributed by atoms with van der Waals surface area (Å²) in [6.07, 6.45) is 3.77. The van der Waals surface area contributed by atoms with Crippen LogP contribution in [0, 0.1) is 0 Å². The maximum absolute atomic E-state index is 5.30. The number of nitrogens with one attached hydrogen (secondary N) is 1. The number of nitrogens with zero attached hydrogens (tertiary/aromatic N) is 2. The normalized spacial score (nSPS) is 11.3. The Hall–Kier alpha value is -0.650. The highest BCUT2D eigenvalue weighted by Gasteiger charge is 2.18. The monoisotopic (exact) mass is 313 g/mol. The molecule has 0 aliphatic heterocycles. The maximum Gasteiger partial charge on any atom is 0.186 e. The zero-order valence-electron chi connectivity index (χ0n) is 14.2. The molecule has 0 saturated heterocycles. The van der Waals surface area contributed by atoms with Crippen molar-refractivity contribution < 1.29 is 4.74 Å². The quantitative estimate of drug-likeness (QED) is 0.631. The molecule has 0 radical (unpaired) electrons. The number of hydrogen-bond acceptors (Lipinski definition) is 5. The van der Waals surface area contributed by atoms with E-state index in [-0.39, 0.29) is 0 Å². The second kappa shape index (κ2) is 10.1. The molecular formula is C16H31N3OS. The molecule has 5 heteroatoms. The molecule has 0 spiro atoms. The van der Waals surface area contributed by atoms with Crippen molar-refractivity contribution >= 4 is 16.5 Å². The highest BCUT2D eigenvalue weighted by Crippen LogP contribution is 2.28. The van der Waals surface area contributed by atoms with Gasteiger partial charge in [0.2, 0.25) is 0 Å². The largest absolute Gasteiger partial charge is 0.378 e. The summed E-state index contributed by atoms with van der Waals surface area (Å²) < 4.78 is 5.30. The Morgan fingerprint density at radius 3 is 2.62 bits per heavy atom. The Bertz CT molecular complexity index is 393. The summed E-state index contributed by atoms with van der Waals surface area (Å²) in [5.74, 6) is 0. The van der Waals surface area contributed by atoms with Crippen molar-refractivity contribution in [1.82, 2.24) is 10.3 Å². The molecule has 0 aliphatic rings. The zero-order chi connectivity index (χ0) is 15.7. The van der Waals surface area contributed by atoms with Crippen molar-refractivity contribution in [3.63, 3.8) is 0 Å². The number of thiazole rings is 1. The Morgan fingerprint density at radius 2 is 2.05 bits per heavy atom. The van der Waals surface area contributed by atoms with E-state index in [0.29, 0.717) is 12.6 Å². The third-order valence-electron chi connectivity index (χ3n) is 3.46. The smallest absolute Gasteiger partial charge is 0.186 e. The van der Waals surface area contributed by atoms with Crippen LogP contribution in [0.25, 0.3) is 0 Å². The minimum Gasteiger partial charge on any atom is -0.378 e. The van der Waals surface area contributed by atoms with Crippen LogP contribution >= 0.6 is 11.3 Å². The zero-order valence-corrected chi connectivity index (χ0v) is 15.1. The first-order valence-electron chi connectivity index (χ1n) is 8.08. The van der Waals surface area contributed by atoms with E-state index >= 15 is 0 Å². The molecule has 122 valence electrons. The highest BCUT2D eigenvalue weighted by molar-refractivity contribution is 7.15. The summed E-state index contributed by atoms with van der Waals surface area (Å²) in [5.41, 5.74) is 1.08. The number of rotatable bonds is 11. The minimum atomic E-state index is 0.482. The summed E-state index contributed by atoms with van der Waals surface area (Å²) in [6, 6.07) is 0.482. The Kier molecular flexibility index (Phi) is 8.88. The molecular weight excluding hydrogens is 282 g/mol. The molecule has 0 amide bonds. The van der Waals surface area contributed by atoms with Crippen LogP contribution in [0.4, 0.5) is 5.13 Å². The SMILES string of the molecule is CCCCCN(c1nc(COC)c(CNCC)s1)C(C)C. The number of methoxy groups -OCH3 is 1. The third kappa shape index (κ3) is 5.93. The van der Waals surface area contributed by atoms with Gasteiger partial charge in [-0.05, 0) is 26.8 Å². The van der Waals surface area contributed by atoms with Crippen LogP contribution < -0.4 is 10.2 Å². The molecule has 0 unspecified atom stereocenters. The lowest BCUT2D eigenvalue weighted by atomic mass is 10.2. The van der Waals surface area contributed by atoms with Crippen molar-refractivity contribution in [3.05, 3.63) is 10.6 Å². The van der Waals surface area contributed by atoms with Crippen LogP contribution in [0.3, 0.4) is 0 Å². The van der Waals surface area contributed by atoms with Crippen LogP contribution in [-0.4, -0.2) is 31.2 Å². The van der Waals surface area contributed by atoms with E-state index in [2.05, 4.69) is 37.9 Å². The van der Waals surface area contributed by atoms with Gasteiger partial charge in [-0.25, -0.2) is 4.98 Å². The third-order valence-corrected chi connectivity index (χ3v) is 4.59. The van der Waals surface area contributed by atoms with Crippen LogP contribution in [0.5, 0.6) is 0 Å². The molecule has 1 aromatic heterocycles. The molecule has 0 aromatic carbocycles. The second-order valence-corrected chi connectivity index (χ2v) is 6.64. The average Bonchev–Trinajstić information content (AvgIpc) is 2.84. The van der Waals surface area contributed by atoms with Gasteiger partial charge in [0, 0.05) is 31.1 Å². The number of ether oxygens (including phenoxy) is 1. The second-order valence-electron chi connectivity index (χ2n) is 5.57. The predicted molar refractivity (Wildman–Crippen MR) is 92.2 cm³/mol. The first-order chi connectivity index (χ1) is 10.1. The van der Waals surface area contributed by atoms with Gasteiger partial charge in [0.1, 0.15) is 0 Å². The molecule has 1 N–H and O–H groups in total. The Labute approximate surface area is 133 Å². The van der Waals surface area contributed by atoms with Crippen LogP contribution in [0.1, 0.15) is 57.5 Å². The first kappa shape index (κ1) is 18.4. The van der Waals surface area contributed by atoms with Crippen LogP contribution in [-0.2, 0) is 17.9 Å². The lowest BCUT2D eigenvalue weighted by Crippen LogP contribution is -2.31. The van der Waals surface area contributed by atoms with E-state index in [0.717, 1.165) is 30.5 Å². The molecule has 1 rings (SSSR count). The summed E-state index contributed by atoms with van der Waals surface area (Å²) in [5, 5.41) is 4.53. The summed E-state index contributed by atoms with van der Waals surface area (Å²) in [6.45, 7) is 12.4. The molecule has 0 atom stereocenters. The number of anilines is 1. The van der Waals surface area contributed by atoms with Gasteiger partial charge < -0.3 is 15.0 Å². The fourth-order valence-electron chi connectivity index (χ4n) is 2.23. The van der Waals surface area contributed by atoms with Crippen molar-refractivity contribution in [3.8, 4) is 0 Å². The van der Waals surface area contributed by atoms with Crippen LogP contribution in [0.15, 0.2) is 0 Å². The van der Waals surface area contributed by atoms with Crippen molar-refractivity contribution in [2.75, 3.05) is 25.1 Å². The maximum atomic E-state index is 5.30. The van der Waals surface area contributed by atoms with Crippen molar-refractivity contribution in [1.29, 1.82) is 0 Å². The van der Waals surface area contributed by atoms with Gasteiger partial charge in [-0.1, -0.05) is 26.7 Å². The van der Waals surface area contributed by atoms with E-state index in [1.54, 1.807) is 18.4 Å². The summed E-state index contributed by atoms with van der Waals surface area (Å²) in [7, 11) is 1.73. The topological polar surface area (TPSA) is 37.4 Å². The fourth-order valence-corrected chi connectivity index (χ4v) is 3.42. The standard InChI is InChI=1S/C16H31N3OS/c1-6-8-9-10-19(13(3)4)16-18-14(12-20-5)15(21-16)11-17-7-2/h13,17H,6-12H2,1-5H3. The molecule has 21 heavy (non-hydrogen) atoms. The number of hydrogen-bond donors (Lipinski definition) is 1. The van der Waals surface area contributed by atoms with E-state index in [4.69, 9.17) is 9.72 Å². The number of aromatic nitrogens is 1. The van der Waals surface area contributed by atoms with Gasteiger partial charge in [-0.2, -0.15) is 0 Å². The van der Waals surface area contributed by atoms with Gasteiger partial charge in [0.05, 0.1) is 12.3 Å². The summed E-state index contributed by atoms with van der Waals surface area (Å²) in [4.78, 5) is 8.56. The van der Waals surface area contributed by atoms with Gasteiger partial charge in [-0.3, -0.25) is 0 Å². The Balaban J connectivity index is 2.85. The first-order valence-corrected chi connectivity index (χ1v) is 8.90. The van der Waals surface area contributed by atoms with E-state index in [1.807, 2.05) is 0 Å². The van der Waals surface area contributed by atoms with Crippen LogP contribution in [0.2, 0.25) is 0 Å². The fraction of sp³-hybridized carbons (Fsp3) is 0.812. The molecule has 0 bridgehead atoms. The molecule has 0 fully saturated rings. The van der Waals surface area contributed by atoms with Gasteiger partial charge in [0.25, 0.3) is 0 Å². The van der Waals surface area contributed by atoms with Gasteiger partial charge in [0.15, 0.2) is 5.13 Å². The molecule has 0 aliphatic carbocycles. The molecule has 4 nitrogen and oxygen atoms in total. The van der Waals surface area contributed by atoms with E-state index < -0.39 is 0 Å². The molecule has 0 saturated carbocycles. The Morgan fingerprint density at radius 1 is 1.29 bits per heavy atom. The number of unbranched alkanes of at least 4 members (excludes halogenated alkanes) is 2. The lowest BCUT2D eigenvalue weighted by Gasteiger charge is -2.26. The van der Waals surface area contributed by atoms with Crippen molar-refractivity contribution in [2.45, 2.75) is 66.2 Å². The molecule has 1 aromatic rings. The highest BCUT2D eigenvalue weighted by atomic mass is 32.1. The van der Waals surface area contributed by atoms with Gasteiger partial charge in [-0.15, -0.1) is 11.3 Å². The van der Waals surface area contributed by atoms with E-state index in [9.17, 15) is 0 Å². The summed E-state index contributed by atoms with van der Waals surface area (Å²) >= 11 is 1.81. The van der Waals surface area contributed by atoms with Gasteiger partial charge >= 0.3 is 0 Å². The lowest BCUT2D eigenvalue weighted by molar-refractivity contribution is 0.181. The average molecular weight is 314 g/mol. The minimum absolute atomic E-state index is 0.482.